The molecule has 2 aromatic heterocycles. The van der Waals surface area contributed by atoms with Gasteiger partial charge in [-0.3, -0.25) is 4.40 Å². The zero-order valence-electron chi connectivity index (χ0n) is 12.3. The monoisotopic (exact) mass is 332 g/mol. The fourth-order valence-corrected chi connectivity index (χ4v) is 4.54. The van der Waals surface area contributed by atoms with E-state index in [1.165, 1.54) is 23.3 Å². The van der Waals surface area contributed by atoms with E-state index in [-0.39, 0.29) is 5.69 Å². The average molecular weight is 332 g/mol. The summed E-state index contributed by atoms with van der Waals surface area (Å²) in [5, 5.41) is 10.5. The molecule has 0 aromatic carbocycles. The molecule has 1 fully saturated rings. The SMILES string of the molecule is CC1CCCC(CC(O)c2c(C(F)(F)F)sc3cncn23)C1. The van der Waals surface area contributed by atoms with Crippen molar-refractivity contribution >= 4 is 16.2 Å². The minimum Gasteiger partial charge on any atom is -0.387 e. The minimum atomic E-state index is -4.44. The molecule has 0 radical (unpaired) electrons. The molecule has 2 aromatic rings. The number of alkyl halides is 3. The number of thiazole rings is 1. The van der Waals surface area contributed by atoms with Crippen LogP contribution in [0.15, 0.2) is 12.5 Å². The zero-order valence-corrected chi connectivity index (χ0v) is 13.1. The van der Waals surface area contributed by atoms with Gasteiger partial charge in [0.25, 0.3) is 0 Å². The maximum atomic E-state index is 13.2. The van der Waals surface area contributed by atoms with Crippen LogP contribution in [0.1, 0.15) is 55.7 Å². The van der Waals surface area contributed by atoms with E-state index in [1.807, 2.05) is 0 Å². The number of nitrogens with zero attached hydrogens (tertiary/aromatic N) is 2. The third-order valence-corrected chi connectivity index (χ3v) is 5.63. The van der Waals surface area contributed by atoms with Crippen LogP contribution >= 0.6 is 11.3 Å². The molecular weight excluding hydrogens is 313 g/mol. The first-order chi connectivity index (χ1) is 10.4. The summed E-state index contributed by atoms with van der Waals surface area (Å²) in [4.78, 5) is 3.59. The van der Waals surface area contributed by atoms with E-state index in [0.717, 1.165) is 19.3 Å². The zero-order chi connectivity index (χ0) is 15.9. The third-order valence-electron chi connectivity index (χ3n) is 4.48. The van der Waals surface area contributed by atoms with Crippen molar-refractivity contribution in [3.8, 4) is 0 Å². The first-order valence-electron chi connectivity index (χ1n) is 7.56. The van der Waals surface area contributed by atoms with E-state index in [1.54, 1.807) is 0 Å². The highest BCUT2D eigenvalue weighted by molar-refractivity contribution is 7.17. The first-order valence-corrected chi connectivity index (χ1v) is 8.38. The highest BCUT2D eigenvalue weighted by atomic mass is 32.1. The Morgan fingerprint density at radius 3 is 2.91 bits per heavy atom. The van der Waals surface area contributed by atoms with Crippen molar-refractivity contribution in [2.24, 2.45) is 11.8 Å². The molecule has 7 heteroatoms. The lowest BCUT2D eigenvalue weighted by Gasteiger charge is -2.28. The van der Waals surface area contributed by atoms with Crippen molar-refractivity contribution in [1.82, 2.24) is 9.38 Å². The lowest BCUT2D eigenvalue weighted by molar-refractivity contribution is -0.136. The minimum absolute atomic E-state index is 0.0526. The van der Waals surface area contributed by atoms with Gasteiger partial charge in [0.2, 0.25) is 0 Å². The van der Waals surface area contributed by atoms with Crippen molar-refractivity contribution in [2.75, 3.05) is 0 Å². The largest absolute Gasteiger partial charge is 0.427 e. The van der Waals surface area contributed by atoms with Gasteiger partial charge in [0.1, 0.15) is 16.0 Å². The first kappa shape index (κ1) is 15.8. The number of halogens is 3. The van der Waals surface area contributed by atoms with Gasteiger partial charge < -0.3 is 5.11 Å². The lowest BCUT2D eigenvalue weighted by atomic mass is 9.79. The molecule has 0 bridgehead atoms. The summed E-state index contributed by atoms with van der Waals surface area (Å²) in [5.74, 6) is 0.877. The van der Waals surface area contributed by atoms with Crippen LogP contribution in [0, 0.1) is 11.8 Å². The Kier molecular flexibility index (Phi) is 4.20. The molecule has 3 rings (SSSR count). The number of fused-ring (bicyclic) bond motifs is 1. The second-order valence-corrected chi connectivity index (χ2v) is 7.34. The molecule has 1 aliphatic carbocycles. The van der Waals surface area contributed by atoms with E-state index < -0.39 is 17.2 Å². The average Bonchev–Trinajstić information content (AvgIpc) is 2.97. The van der Waals surface area contributed by atoms with Crippen LogP contribution in [-0.4, -0.2) is 14.5 Å². The summed E-state index contributed by atoms with van der Waals surface area (Å²) in [6.45, 7) is 2.17. The molecule has 1 aliphatic rings. The summed E-state index contributed by atoms with van der Waals surface area (Å²) in [6, 6.07) is 0. The maximum absolute atomic E-state index is 13.2. The summed E-state index contributed by atoms with van der Waals surface area (Å²) in [7, 11) is 0. The molecule has 0 spiro atoms. The van der Waals surface area contributed by atoms with Crippen LogP contribution in [0.5, 0.6) is 0 Å². The van der Waals surface area contributed by atoms with E-state index in [2.05, 4.69) is 11.9 Å². The van der Waals surface area contributed by atoms with Gasteiger partial charge in [-0.05, 0) is 24.7 Å². The van der Waals surface area contributed by atoms with Crippen molar-refractivity contribution in [1.29, 1.82) is 0 Å². The molecule has 0 amide bonds. The Morgan fingerprint density at radius 1 is 1.45 bits per heavy atom. The number of aromatic nitrogens is 2. The highest BCUT2D eigenvalue weighted by Gasteiger charge is 2.39. The molecular formula is C15H19F3N2OS. The van der Waals surface area contributed by atoms with Gasteiger partial charge in [0, 0.05) is 0 Å². The fourth-order valence-electron chi connectivity index (χ4n) is 3.52. The Labute approximate surface area is 130 Å². The normalized spacial score (nSPS) is 24.8. The Hall–Kier alpha value is -1.08. The third kappa shape index (κ3) is 3.01. The number of imidazole rings is 1. The number of rotatable bonds is 3. The maximum Gasteiger partial charge on any atom is 0.427 e. The van der Waals surface area contributed by atoms with E-state index >= 15 is 0 Å². The van der Waals surface area contributed by atoms with Crippen LogP contribution in [0.4, 0.5) is 13.2 Å². The summed E-state index contributed by atoms with van der Waals surface area (Å²) >= 11 is 0.644. The quantitative estimate of drug-likeness (QED) is 0.887. The molecule has 0 saturated heterocycles. The van der Waals surface area contributed by atoms with Gasteiger partial charge >= 0.3 is 6.18 Å². The van der Waals surface area contributed by atoms with Gasteiger partial charge in [-0.15, -0.1) is 11.3 Å². The standard InChI is InChI=1S/C15H19F3N2OS/c1-9-3-2-4-10(5-9)6-11(21)13-14(15(16,17)18)22-12-7-19-8-20(12)13/h7-11,21H,2-6H2,1H3. The number of aliphatic hydroxyl groups is 1. The lowest BCUT2D eigenvalue weighted by Crippen LogP contribution is -2.18. The Bertz CT molecular complexity index is 649. The molecule has 0 aliphatic heterocycles. The van der Waals surface area contributed by atoms with Gasteiger partial charge in [0.15, 0.2) is 0 Å². The molecule has 122 valence electrons. The number of hydrogen-bond donors (Lipinski definition) is 1. The van der Waals surface area contributed by atoms with E-state index in [0.29, 0.717) is 34.4 Å². The molecule has 3 unspecified atom stereocenters. The van der Waals surface area contributed by atoms with Crippen LogP contribution in [-0.2, 0) is 6.18 Å². The molecule has 2 heterocycles. The summed E-state index contributed by atoms with van der Waals surface area (Å²) in [6.07, 6.45) is 1.82. The van der Waals surface area contributed by atoms with Crippen LogP contribution in [0.3, 0.4) is 0 Å². The molecule has 3 nitrogen and oxygen atoms in total. The van der Waals surface area contributed by atoms with Gasteiger partial charge in [-0.2, -0.15) is 13.2 Å². The van der Waals surface area contributed by atoms with E-state index in [4.69, 9.17) is 0 Å². The number of aliphatic hydroxyl groups excluding tert-OH is 1. The Morgan fingerprint density at radius 2 is 2.23 bits per heavy atom. The molecule has 22 heavy (non-hydrogen) atoms. The predicted molar refractivity (Wildman–Crippen MR) is 78.8 cm³/mol. The second kappa shape index (κ2) is 5.85. The van der Waals surface area contributed by atoms with Crippen LogP contribution in [0.2, 0.25) is 0 Å². The second-order valence-electron chi connectivity index (χ2n) is 6.31. The van der Waals surface area contributed by atoms with Crippen LogP contribution in [0.25, 0.3) is 4.83 Å². The van der Waals surface area contributed by atoms with Gasteiger partial charge in [-0.25, -0.2) is 4.98 Å². The molecule has 1 saturated carbocycles. The van der Waals surface area contributed by atoms with Gasteiger partial charge in [0.05, 0.1) is 18.0 Å². The van der Waals surface area contributed by atoms with Gasteiger partial charge in [-0.1, -0.05) is 26.2 Å². The topological polar surface area (TPSA) is 37.5 Å². The van der Waals surface area contributed by atoms with Crippen molar-refractivity contribution < 1.29 is 18.3 Å². The summed E-state index contributed by atoms with van der Waals surface area (Å²) in [5.41, 5.74) is -0.0526. The molecule has 1 N–H and O–H groups in total. The molecule has 3 atom stereocenters. The fraction of sp³-hybridized carbons (Fsp3) is 0.667. The van der Waals surface area contributed by atoms with Crippen molar-refractivity contribution in [3.05, 3.63) is 23.1 Å². The number of hydrogen-bond acceptors (Lipinski definition) is 3. The van der Waals surface area contributed by atoms with Crippen LogP contribution < -0.4 is 0 Å². The van der Waals surface area contributed by atoms with Crippen molar-refractivity contribution in [3.63, 3.8) is 0 Å². The highest BCUT2D eigenvalue weighted by Crippen LogP contribution is 2.43. The Balaban J connectivity index is 1.89. The summed E-state index contributed by atoms with van der Waals surface area (Å²) < 4.78 is 41.1. The predicted octanol–water partition coefficient (Wildman–Crippen LogP) is 4.66. The smallest absolute Gasteiger partial charge is 0.387 e. The van der Waals surface area contributed by atoms with E-state index in [9.17, 15) is 18.3 Å². The van der Waals surface area contributed by atoms with Crippen molar-refractivity contribution in [2.45, 2.75) is 51.3 Å².